The van der Waals surface area contributed by atoms with Gasteiger partial charge in [-0.15, -0.1) is 0 Å². The molecule has 0 radical (unpaired) electrons. The van der Waals surface area contributed by atoms with Gasteiger partial charge in [-0.05, 0) is 28.8 Å². The van der Waals surface area contributed by atoms with E-state index in [9.17, 15) is 15.2 Å². The van der Waals surface area contributed by atoms with E-state index in [0.717, 1.165) is 28.0 Å². The fourth-order valence-electron chi connectivity index (χ4n) is 3.12. The van der Waals surface area contributed by atoms with Crippen molar-refractivity contribution in [1.82, 2.24) is 4.57 Å². The van der Waals surface area contributed by atoms with Crippen LogP contribution in [0.25, 0.3) is 21.5 Å². The number of hydrogen-bond donors (Lipinski definition) is 1. The molecule has 2 aromatic carbocycles. The standard InChI is InChI=1S/C19H18N2O2/c1-3-12(2)18(19(22)23)21-11-15-8-13-6-4-5-7-14(13)9-16(15)17(21)10-20/h4-9,11-12,18H,3H2,1-2H3,(H,22,23)/t12-,18-/m0/s1. The summed E-state index contributed by atoms with van der Waals surface area (Å²) in [5.74, 6) is -0.962. The smallest absolute Gasteiger partial charge is 0.326 e. The first-order chi connectivity index (χ1) is 11.1. The van der Waals surface area contributed by atoms with Crippen LogP contribution in [0.3, 0.4) is 0 Å². The molecule has 3 rings (SSSR count). The molecule has 3 aromatic rings. The van der Waals surface area contributed by atoms with Gasteiger partial charge in [0.2, 0.25) is 0 Å². The summed E-state index contributed by atoms with van der Waals surface area (Å²) in [4.78, 5) is 11.7. The maximum absolute atomic E-state index is 11.7. The van der Waals surface area contributed by atoms with Gasteiger partial charge >= 0.3 is 5.97 Å². The van der Waals surface area contributed by atoms with Crippen LogP contribution in [0.2, 0.25) is 0 Å². The van der Waals surface area contributed by atoms with Crippen LogP contribution in [0.5, 0.6) is 0 Å². The maximum atomic E-state index is 11.7. The lowest BCUT2D eigenvalue weighted by Gasteiger charge is -2.21. The number of nitrogens with zero attached hydrogens (tertiary/aromatic N) is 2. The van der Waals surface area contributed by atoms with Crippen molar-refractivity contribution in [2.75, 3.05) is 0 Å². The molecule has 0 saturated heterocycles. The van der Waals surface area contributed by atoms with Crippen molar-refractivity contribution in [2.45, 2.75) is 26.3 Å². The zero-order valence-corrected chi connectivity index (χ0v) is 13.2. The minimum atomic E-state index is -0.902. The Bertz CT molecular complexity index is 934. The van der Waals surface area contributed by atoms with E-state index in [1.165, 1.54) is 0 Å². The fraction of sp³-hybridized carbons (Fsp3) is 0.263. The van der Waals surface area contributed by atoms with Crippen molar-refractivity contribution in [2.24, 2.45) is 5.92 Å². The number of nitriles is 1. The van der Waals surface area contributed by atoms with Gasteiger partial charge in [-0.25, -0.2) is 4.79 Å². The highest BCUT2D eigenvalue weighted by Crippen LogP contribution is 2.31. The highest BCUT2D eigenvalue weighted by atomic mass is 16.4. The number of hydrogen-bond acceptors (Lipinski definition) is 2. The van der Waals surface area contributed by atoms with Crippen molar-refractivity contribution in [3.05, 3.63) is 48.3 Å². The first kappa shape index (κ1) is 15.1. The fourth-order valence-corrected chi connectivity index (χ4v) is 3.12. The van der Waals surface area contributed by atoms with Gasteiger partial charge in [-0.3, -0.25) is 0 Å². The molecule has 0 spiro atoms. The van der Waals surface area contributed by atoms with Gasteiger partial charge < -0.3 is 9.67 Å². The van der Waals surface area contributed by atoms with Crippen LogP contribution in [0.15, 0.2) is 42.6 Å². The summed E-state index contributed by atoms with van der Waals surface area (Å²) >= 11 is 0. The van der Waals surface area contributed by atoms with Gasteiger partial charge in [-0.1, -0.05) is 44.5 Å². The Balaban J connectivity index is 2.31. The number of aromatic nitrogens is 1. The number of fused-ring (bicyclic) bond motifs is 2. The number of rotatable bonds is 4. The third kappa shape index (κ3) is 2.44. The zero-order chi connectivity index (χ0) is 16.6. The molecular weight excluding hydrogens is 288 g/mol. The zero-order valence-electron chi connectivity index (χ0n) is 13.2. The molecule has 0 bridgehead atoms. The summed E-state index contributed by atoms with van der Waals surface area (Å²) in [7, 11) is 0. The Hall–Kier alpha value is -2.80. The average Bonchev–Trinajstić information content (AvgIpc) is 2.88. The molecule has 1 heterocycles. The highest BCUT2D eigenvalue weighted by Gasteiger charge is 2.28. The van der Waals surface area contributed by atoms with Crippen LogP contribution in [0.1, 0.15) is 32.0 Å². The van der Waals surface area contributed by atoms with E-state index in [4.69, 9.17) is 0 Å². The van der Waals surface area contributed by atoms with E-state index in [-0.39, 0.29) is 5.92 Å². The van der Waals surface area contributed by atoms with Gasteiger partial charge in [0.05, 0.1) is 0 Å². The van der Waals surface area contributed by atoms with Crippen molar-refractivity contribution in [3.63, 3.8) is 0 Å². The predicted octanol–water partition coefficient (Wildman–Crippen LogP) is 4.34. The summed E-state index contributed by atoms with van der Waals surface area (Å²) in [6.45, 7) is 3.87. The van der Waals surface area contributed by atoms with Crippen LogP contribution in [-0.2, 0) is 4.79 Å². The minimum Gasteiger partial charge on any atom is -0.480 e. The molecule has 0 saturated carbocycles. The molecular formula is C19H18N2O2. The van der Waals surface area contributed by atoms with Crippen molar-refractivity contribution < 1.29 is 9.90 Å². The van der Waals surface area contributed by atoms with Gasteiger partial charge in [0, 0.05) is 17.0 Å². The summed E-state index contributed by atoms with van der Waals surface area (Å²) in [5, 5.41) is 23.1. The monoisotopic (exact) mass is 306 g/mol. The lowest BCUT2D eigenvalue weighted by Crippen LogP contribution is -2.25. The van der Waals surface area contributed by atoms with Crippen molar-refractivity contribution in [1.29, 1.82) is 5.26 Å². The van der Waals surface area contributed by atoms with Crippen LogP contribution < -0.4 is 0 Å². The molecule has 1 aromatic heterocycles. The third-order valence-electron chi connectivity index (χ3n) is 4.55. The molecule has 4 heteroatoms. The lowest BCUT2D eigenvalue weighted by atomic mass is 9.99. The Morgan fingerprint density at radius 1 is 1.26 bits per heavy atom. The van der Waals surface area contributed by atoms with Crippen molar-refractivity contribution >= 4 is 27.5 Å². The largest absolute Gasteiger partial charge is 0.480 e. The van der Waals surface area contributed by atoms with E-state index in [1.54, 1.807) is 10.8 Å². The van der Waals surface area contributed by atoms with E-state index in [2.05, 4.69) is 6.07 Å². The van der Waals surface area contributed by atoms with Gasteiger partial charge in [0.1, 0.15) is 17.8 Å². The third-order valence-corrected chi connectivity index (χ3v) is 4.55. The summed E-state index contributed by atoms with van der Waals surface area (Å²) in [5.41, 5.74) is 0.415. The van der Waals surface area contributed by atoms with Gasteiger partial charge in [0.25, 0.3) is 0 Å². The second-order valence-corrected chi connectivity index (χ2v) is 5.95. The number of carbonyl (C=O) groups is 1. The molecule has 0 fully saturated rings. The molecule has 0 aliphatic heterocycles. The first-order valence-corrected chi connectivity index (χ1v) is 7.73. The average molecular weight is 306 g/mol. The molecule has 1 N–H and O–H groups in total. The maximum Gasteiger partial charge on any atom is 0.326 e. The van der Waals surface area contributed by atoms with Gasteiger partial charge in [0.15, 0.2) is 0 Å². The summed E-state index contributed by atoms with van der Waals surface area (Å²) < 4.78 is 1.63. The van der Waals surface area contributed by atoms with Crippen LogP contribution >= 0.6 is 0 Å². The first-order valence-electron chi connectivity index (χ1n) is 7.73. The summed E-state index contributed by atoms with van der Waals surface area (Å²) in [6, 6.07) is 13.4. The normalized spacial score (nSPS) is 13.8. The predicted molar refractivity (Wildman–Crippen MR) is 90.3 cm³/mol. The molecule has 23 heavy (non-hydrogen) atoms. The second-order valence-electron chi connectivity index (χ2n) is 5.95. The Morgan fingerprint density at radius 2 is 1.91 bits per heavy atom. The quantitative estimate of drug-likeness (QED) is 0.779. The molecule has 116 valence electrons. The Labute approximate surface area is 134 Å². The SMILES string of the molecule is CC[C@H](C)[C@@H](C(=O)O)n1cc2cc3ccccc3cc2c1C#N. The minimum absolute atomic E-state index is 0.0594. The lowest BCUT2D eigenvalue weighted by molar-refractivity contribution is -0.142. The second kappa shape index (κ2) is 5.77. The Kier molecular flexibility index (Phi) is 3.79. The molecule has 2 atom stereocenters. The van der Waals surface area contributed by atoms with E-state index in [0.29, 0.717) is 5.69 Å². The van der Waals surface area contributed by atoms with Crippen LogP contribution in [0.4, 0.5) is 0 Å². The van der Waals surface area contributed by atoms with Crippen LogP contribution in [-0.4, -0.2) is 15.6 Å². The highest BCUT2D eigenvalue weighted by molar-refractivity contribution is 6.00. The van der Waals surface area contributed by atoms with Crippen LogP contribution in [0, 0.1) is 17.2 Å². The Morgan fingerprint density at radius 3 is 2.48 bits per heavy atom. The van der Waals surface area contributed by atoms with E-state index in [1.807, 2.05) is 50.2 Å². The number of carboxylic acids is 1. The van der Waals surface area contributed by atoms with Crippen molar-refractivity contribution in [3.8, 4) is 6.07 Å². The molecule has 0 aliphatic carbocycles. The molecule has 0 amide bonds. The molecule has 0 aliphatic rings. The summed E-state index contributed by atoms with van der Waals surface area (Å²) in [6.07, 6.45) is 2.53. The number of benzene rings is 2. The molecule has 0 unspecified atom stereocenters. The molecule has 4 nitrogen and oxygen atoms in total. The van der Waals surface area contributed by atoms with E-state index >= 15 is 0 Å². The topological polar surface area (TPSA) is 66.0 Å². The van der Waals surface area contributed by atoms with Gasteiger partial charge in [-0.2, -0.15) is 5.26 Å². The number of aliphatic carboxylic acids is 1. The van der Waals surface area contributed by atoms with E-state index < -0.39 is 12.0 Å². The number of carboxylic acid groups (broad SMARTS) is 1.